The molecule has 2 aromatic carbocycles. The minimum Gasteiger partial charge on any atom is -0.368 e. The maximum atomic E-state index is 13.6. The summed E-state index contributed by atoms with van der Waals surface area (Å²) in [5.74, 6) is 0.711. The normalized spacial score (nSPS) is 21.5. The number of benzene rings is 2. The fourth-order valence-electron chi connectivity index (χ4n) is 10.8. The van der Waals surface area contributed by atoms with Crippen LogP contribution in [0.4, 0.5) is 11.4 Å². The van der Waals surface area contributed by atoms with E-state index in [1.807, 2.05) is 34.3 Å². The number of halogens is 1. The van der Waals surface area contributed by atoms with Gasteiger partial charge in [0, 0.05) is 108 Å². The standard InChI is InChI=1S/C51H57BrN14O2/c1-33-3-4-37-22-38(6-5-36(37)21-33)50(67)64-11-7-34(8-12-64)45-48-44(58-32-60-45)24-41(28-54-48)66-18-15-61(2)42(30-66)29-62-16-19-63(20-17-62)40-23-43-47(53-27-40)46(59-31-57-43)35-9-13-65(14-10-35)51(68)49-55-25-39(52)26-56-49/h3-6,21-25,27-28,31-32,34-35,39,42H,7-20,26,29-30H2,1-2H3. The number of piperidine rings is 2. The van der Waals surface area contributed by atoms with Crippen LogP contribution >= 0.6 is 15.9 Å². The van der Waals surface area contributed by atoms with Crippen molar-refractivity contribution in [3.8, 4) is 0 Å². The van der Waals surface area contributed by atoms with Gasteiger partial charge in [-0.15, -0.1) is 0 Å². The first-order chi connectivity index (χ1) is 33.2. The number of amides is 2. The molecule has 4 fully saturated rings. The highest BCUT2D eigenvalue weighted by Gasteiger charge is 2.32. The molecule has 350 valence electrons. The number of hydrogen-bond donors (Lipinski definition) is 0. The van der Waals surface area contributed by atoms with E-state index in [1.54, 1.807) is 18.9 Å². The Labute approximate surface area is 404 Å². The first kappa shape index (κ1) is 44.5. The van der Waals surface area contributed by atoms with Crippen LogP contribution in [-0.2, 0) is 4.79 Å². The predicted molar refractivity (Wildman–Crippen MR) is 271 cm³/mol. The molecule has 16 nitrogen and oxygen atoms in total. The van der Waals surface area contributed by atoms with Gasteiger partial charge in [0.05, 0.1) is 57.6 Å². The maximum Gasteiger partial charge on any atom is 0.291 e. The Morgan fingerprint density at radius 1 is 0.647 bits per heavy atom. The lowest BCUT2D eigenvalue weighted by Gasteiger charge is -2.44. The fourth-order valence-corrected chi connectivity index (χ4v) is 11.0. The van der Waals surface area contributed by atoms with Crippen molar-refractivity contribution in [2.24, 2.45) is 9.98 Å². The van der Waals surface area contributed by atoms with Crippen LogP contribution in [0.2, 0.25) is 0 Å². The molecule has 0 N–H and O–H groups in total. The summed E-state index contributed by atoms with van der Waals surface area (Å²) in [6.45, 7) is 12.8. The zero-order valence-corrected chi connectivity index (χ0v) is 40.4. The van der Waals surface area contributed by atoms with E-state index < -0.39 is 0 Å². The lowest BCUT2D eigenvalue weighted by molar-refractivity contribution is -0.125. The minimum absolute atomic E-state index is 0.0830. The van der Waals surface area contributed by atoms with Crippen molar-refractivity contribution < 1.29 is 9.59 Å². The lowest BCUT2D eigenvalue weighted by Crippen LogP contribution is -2.58. The fraction of sp³-hybridized carbons (Fsp3) is 0.451. The van der Waals surface area contributed by atoms with E-state index in [0.29, 0.717) is 44.6 Å². The van der Waals surface area contributed by atoms with Crippen LogP contribution in [0.5, 0.6) is 0 Å². The third-order valence-corrected chi connectivity index (χ3v) is 15.4. The molecule has 0 radical (unpaired) electrons. The van der Waals surface area contributed by atoms with Crippen LogP contribution in [0.15, 0.2) is 83.6 Å². The lowest BCUT2D eigenvalue weighted by atomic mass is 9.92. The number of alkyl halides is 1. The molecule has 2 unspecified atom stereocenters. The van der Waals surface area contributed by atoms with Gasteiger partial charge in [0.15, 0.2) is 0 Å². The number of pyridine rings is 2. The van der Waals surface area contributed by atoms with Crippen molar-refractivity contribution >= 4 is 84.0 Å². The summed E-state index contributed by atoms with van der Waals surface area (Å²) in [4.78, 5) is 78.0. The second-order valence-corrected chi connectivity index (χ2v) is 20.3. The van der Waals surface area contributed by atoms with Gasteiger partial charge in [-0.1, -0.05) is 45.8 Å². The van der Waals surface area contributed by atoms with Gasteiger partial charge >= 0.3 is 0 Å². The molecule has 2 atom stereocenters. The number of rotatable bonds is 8. The molecule has 0 bridgehead atoms. The first-order valence-corrected chi connectivity index (χ1v) is 25.1. The zero-order chi connectivity index (χ0) is 46.3. The first-order valence-electron chi connectivity index (χ1n) is 24.2. The maximum absolute atomic E-state index is 13.6. The third-order valence-electron chi connectivity index (χ3n) is 14.9. The monoisotopic (exact) mass is 976 g/mol. The zero-order valence-electron chi connectivity index (χ0n) is 38.8. The summed E-state index contributed by atoms with van der Waals surface area (Å²) >= 11 is 3.48. The van der Waals surface area contributed by atoms with E-state index in [9.17, 15) is 9.59 Å². The van der Waals surface area contributed by atoms with E-state index in [-0.39, 0.29) is 28.5 Å². The van der Waals surface area contributed by atoms with Crippen LogP contribution in [0.3, 0.4) is 0 Å². The predicted octanol–water partition coefficient (Wildman–Crippen LogP) is 5.74. The smallest absolute Gasteiger partial charge is 0.291 e. The molecule has 5 aliphatic heterocycles. The highest BCUT2D eigenvalue weighted by Crippen LogP contribution is 2.34. The van der Waals surface area contributed by atoms with Crippen LogP contribution in [0.25, 0.3) is 32.8 Å². The third kappa shape index (κ3) is 9.15. The van der Waals surface area contributed by atoms with Gasteiger partial charge in [0.1, 0.15) is 23.7 Å². The molecule has 4 aromatic heterocycles. The second kappa shape index (κ2) is 19.2. The SMILES string of the molecule is Cc1ccc2cc(C(=O)N3CCC(c4ncnc5cc(N6CCN(C)C(CN7CCN(c8cnc9c(C%10CCN(C(=O)C%11=NCC(Br)C=N%11)CC%10)ncnc9c8)CC7)C6)cnc45)CC3)ccc2c1. The molecular formula is C51H57BrN14O2. The van der Waals surface area contributed by atoms with E-state index in [2.05, 4.69) is 101 Å². The molecule has 9 heterocycles. The molecule has 5 aliphatic rings. The average molecular weight is 978 g/mol. The molecule has 2 amide bonds. The molecule has 0 aliphatic carbocycles. The number of amidine groups is 1. The Morgan fingerprint density at radius 3 is 1.87 bits per heavy atom. The van der Waals surface area contributed by atoms with Crippen molar-refractivity contribution in [2.45, 2.75) is 55.3 Å². The van der Waals surface area contributed by atoms with Crippen LogP contribution in [-0.4, -0.2) is 176 Å². The summed E-state index contributed by atoms with van der Waals surface area (Å²) in [5, 5.41) is 2.25. The molecule has 68 heavy (non-hydrogen) atoms. The average Bonchev–Trinajstić information content (AvgIpc) is 3.38. The van der Waals surface area contributed by atoms with Gasteiger partial charge in [0.25, 0.3) is 11.8 Å². The number of aliphatic imine (C=N–C) groups is 2. The van der Waals surface area contributed by atoms with Gasteiger partial charge in [-0.2, -0.15) is 0 Å². The highest BCUT2D eigenvalue weighted by atomic mass is 79.9. The second-order valence-electron chi connectivity index (χ2n) is 19.2. The molecule has 11 rings (SSSR count). The molecule has 17 heteroatoms. The molecule has 0 spiro atoms. The molecule has 4 saturated heterocycles. The Balaban J connectivity index is 0.679. The van der Waals surface area contributed by atoms with Crippen molar-refractivity contribution in [1.82, 2.24) is 49.5 Å². The quantitative estimate of drug-likeness (QED) is 0.171. The minimum atomic E-state index is -0.0979. The van der Waals surface area contributed by atoms with Gasteiger partial charge in [-0.25, -0.2) is 24.9 Å². The number of aryl methyl sites for hydroxylation is 1. The summed E-state index contributed by atoms with van der Waals surface area (Å²) in [6.07, 6.45) is 12.4. The van der Waals surface area contributed by atoms with E-state index >= 15 is 0 Å². The number of nitrogens with zero attached hydrogens (tertiary/aromatic N) is 14. The van der Waals surface area contributed by atoms with Crippen LogP contribution in [0.1, 0.15) is 64.8 Å². The number of piperazine rings is 2. The van der Waals surface area contributed by atoms with Crippen LogP contribution < -0.4 is 9.80 Å². The van der Waals surface area contributed by atoms with E-state index in [1.165, 1.54) is 5.56 Å². The topological polar surface area (TPSA) is 156 Å². The van der Waals surface area contributed by atoms with Gasteiger partial charge in [-0.3, -0.25) is 34.3 Å². The van der Waals surface area contributed by atoms with Gasteiger partial charge in [-0.05, 0) is 74.7 Å². The number of fused-ring (bicyclic) bond motifs is 3. The highest BCUT2D eigenvalue weighted by molar-refractivity contribution is 9.10. The number of anilines is 2. The molecule has 0 saturated carbocycles. The van der Waals surface area contributed by atoms with Crippen molar-refractivity contribution in [1.29, 1.82) is 0 Å². The summed E-state index contributed by atoms with van der Waals surface area (Å²) in [7, 11) is 2.25. The van der Waals surface area contributed by atoms with E-state index in [0.717, 1.165) is 139 Å². The number of likely N-dealkylation sites (N-methyl/N-ethyl adjacent to an activating group) is 1. The molecule has 6 aromatic rings. The summed E-state index contributed by atoms with van der Waals surface area (Å²) < 4.78 is 0. The van der Waals surface area contributed by atoms with Crippen LogP contribution in [0, 0.1) is 6.92 Å². The largest absolute Gasteiger partial charge is 0.368 e. The van der Waals surface area contributed by atoms with Crippen molar-refractivity contribution in [3.05, 3.63) is 96.1 Å². The number of likely N-dealkylation sites (tertiary alicyclic amines) is 2. The molecular weight excluding hydrogens is 921 g/mol. The number of hydrogen-bond acceptors (Lipinski definition) is 14. The summed E-state index contributed by atoms with van der Waals surface area (Å²) in [5.41, 5.74) is 9.55. The Bertz CT molecular complexity index is 2920. The number of carbonyl (C=O) groups excluding carboxylic acids is 2. The van der Waals surface area contributed by atoms with Gasteiger partial charge < -0.3 is 19.6 Å². The Kier molecular flexibility index (Phi) is 12.5. The number of carbonyl (C=O) groups is 2. The van der Waals surface area contributed by atoms with Crippen molar-refractivity contribution in [2.75, 3.05) is 102 Å². The van der Waals surface area contributed by atoms with Crippen molar-refractivity contribution in [3.63, 3.8) is 0 Å². The Hall–Kier alpha value is -6.04. The number of aromatic nitrogens is 6. The van der Waals surface area contributed by atoms with E-state index in [4.69, 9.17) is 24.9 Å². The van der Waals surface area contributed by atoms with Gasteiger partial charge in [0.2, 0.25) is 5.84 Å². The Morgan fingerprint density at radius 2 is 1.24 bits per heavy atom. The summed E-state index contributed by atoms with van der Waals surface area (Å²) in [6, 6.07) is 17.1.